The van der Waals surface area contributed by atoms with Crippen molar-refractivity contribution in [3.05, 3.63) is 90.5 Å². The van der Waals surface area contributed by atoms with Crippen LogP contribution in [0.4, 0.5) is 17.1 Å². The number of amides is 1. The smallest absolute Gasteiger partial charge is 0.258 e. The summed E-state index contributed by atoms with van der Waals surface area (Å²) in [5, 5.41) is 1.94. The highest BCUT2D eigenvalue weighted by Crippen LogP contribution is 2.28. The maximum Gasteiger partial charge on any atom is 0.258 e. The highest BCUT2D eigenvalue weighted by atomic mass is 16.2. The molecule has 0 saturated heterocycles. The molecule has 4 N–H and O–H groups in total. The Hall–Kier alpha value is -3.79. The number of carbonyl (C=O) groups is 1. The molecule has 4 rings (SSSR count). The first-order valence-corrected chi connectivity index (χ1v) is 9.05. The molecule has 0 unspecified atom stereocenters. The summed E-state index contributed by atoms with van der Waals surface area (Å²) < 4.78 is 0. The van der Waals surface area contributed by atoms with E-state index in [1.165, 1.54) is 0 Å². The molecule has 138 valence electrons. The first-order chi connectivity index (χ1) is 13.5. The van der Waals surface area contributed by atoms with Crippen molar-refractivity contribution in [1.29, 1.82) is 0 Å². The summed E-state index contributed by atoms with van der Waals surface area (Å²) in [6.07, 6.45) is 0. The second-order valence-electron chi connectivity index (χ2n) is 6.82. The molecule has 1 amide bonds. The molecular formula is C24H21N3O. The van der Waals surface area contributed by atoms with Gasteiger partial charge < -0.3 is 16.4 Å². The predicted molar refractivity (Wildman–Crippen MR) is 117 cm³/mol. The van der Waals surface area contributed by atoms with Gasteiger partial charge >= 0.3 is 0 Å². The normalized spacial score (nSPS) is 10.8. The maximum absolute atomic E-state index is 13.1. The minimum absolute atomic E-state index is 0.0596. The van der Waals surface area contributed by atoms with Gasteiger partial charge in [0.2, 0.25) is 0 Å². The van der Waals surface area contributed by atoms with Crippen molar-refractivity contribution in [3.63, 3.8) is 0 Å². The van der Waals surface area contributed by atoms with Crippen LogP contribution in [0.1, 0.15) is 10.4 Å². The zero-order valence-corrected chi connectivity index (χ0v) is 15.6. The van der Waals surface area contributed by atoms with Crippen LogP contribution in [0.15, 0.2) is 84.9 Å². The van der Waals surface area contributed by atoms with Crippen molar-refractivity contribution < 1.29 is 4.79 Å². The summed E-state index contributed by atoms with van der Waals surface area (Å²) >= 11 is 0. The van der Waals surface area contributed by atoms with E-state index in [0.717, 1.165) is 33.3 Å². The molecule has 0 heterocycles. The fraction of sp³-hybridized carbons (Fsp3) is 0.0417. The largest absolute Gasteiger partial charge is 0.399 e. The Morgan fingerprint density at radius 3 is 2.04 bits per heavy atom. The maximum atomic E-state index is 13.1. The van der Waals surface area contributed by atoms with E-state index in [0.29, 0.717) is 11.3 Å². The lowest BCUT2D eigenvalue weighted by atomic mass is 9.98. The number of fused-ring (bicyclic) bond motifs is 1. The Bertz CT molecular complexity index is 1150. The Kier molecular flexibility index (Phi) is 4.45. The molecule has 0 aliphatic carbocycles. The molecule has 0 aliphatic heterocycles. The topological polar surface area (TPSA) is 72.3 Å². The van der Waals surface area contributed by atoms with Crippen molar-refractivity contribution in [2.24, 2.45) is 0 Å². The summed E-state index contributed by atoms with van der Waals surface area (Å²) in [4.78, 5) is 14.8. The lowest BCUT2D eigenvalue weighted by molar-refractivity contribution is 0.0994. The molecule has 28 heavy (non-hydrogen) atoms. The zero-order chi connectivity index (χ0) is 19.7. The summed E-state index contributed by atoms with van der Waals surface area (Å²) in [6, 6.07) is 27.0. The van der Waals surface area contributed by atoms with E-state index >= 15 is 0 Å². The third-order valence-corrected chi connectivity index (χ3v) is 4.94. The van der Waals surface area contributed by atoms with E-state index in [1.807, 2.05) is 66.7 Å². The van der Waals surface area contributed by atoms with Crippen LogP contribution >= 0.6 is 0 Å². The van der Waals surface area contributed by atoms with E-state index in [1.54, 1.807) is 24.1 Å². The van der Waals surface area contributed by atoms with Crippen molar-refractivity contribution in [2.75, 3.05) is 23.4 Å². The van der Waals surface area contributed by atoms with Crippen LogP contribution in [0.25, 0.3) is 21.9 Å². The van der Waals surface area contributed by atoms with Gasteiger partial charge in [-0.15, -0.1) is 0 Å². The van der Waals surface area contributed by atoms with Crippen molar-refractivity contribution >= 4 is 33.7 Å². The van der Waals surface area contributed by atoms with Gasteiger partial charge in [-0.25, -0.2) is 0 Å². The number of nitrogens with zero attached hydrogens (tertiary/aromatic N) is 1. The average Bonchev–Trinajstić information content (AvgIpc) is 2.73. The van der Waals surface area contributed by atoms with Crippen LogP contribution < -0.4 is 16.4 Å². The lowest BCUT2D eigenvalue weighted by Crippen LogP contribution is -2.26. The number of hydrogen-bond donors (Lipinski definition) is 2. The van der Waals surface area contributed by atoms with Crippen LogP contribution in [0.2, 0.25) is 0 Å². The number of nitrogens with two attached hydrogens (primary N) is 2. The Balaban J connectivity index is 1.72. The molecule has 4 nitrogen and oxygen atoms in total. The minimum atomic E-state index is -0.0596. The third-order valence-electron chi connectivity index (χ3n) is 4.94. The van der Waals surface area contributed by atoms with E-state index in [4.69, 9.17) is 11.5 Å². The molecule has 0 fully saturated rings. The van der Waals surface area contributed by atoms with Gasteiger partial charge in [0.1, 0.15) is 0 Å². The first kappa shape index (κ1) is 17.6. The van der Waals surface area contributed by atoms with Gasteiger partial charge in [0.05, 0.1) is 0 Å². The molecule has 0 aromatic heterocycles. The van der Waals surface area contributed by atoms with E-state index in [2.05, 4.69) is 6.07 Å². The van der Waals surface area contributed by atoms with Gasteiger partial charge in [0.15, 0.2) is 0 Å². The number of hydrogen-bond acceptors (Lipinski definition) is 3. The molecular weight excluding hydrogens is 346 g/mol. The van der Waals surface area contributed by atoms with Gasteiger partial charge in [0, 0.05) is 29.7 Å². The molecule has 0 spiro atoms. The van der Waals surface area contributed by atoms with Gasteiger partial charge in [-0.05, 0) is 70.4 Å². The number of rotatable bonds is 3. The number of nitrogen functional groups attached to an aromatic ring is 2. The highest BCUT2D eigenvalue weighted by Gasteiger charge is 2.16. The molecule has 0 saturated carbocycles. The van der Waals surface area contributed by atoms with Crippen LogP contribution in [0.5, 0.6) is 0 Å². The molecule has 4 heteroatoms. The molecule has 0 aliphatic rings. The molecule has 0 atom stereocenters. The molecule has 0 bridgehead atoms. The van der Waals surface area contributed by atoms with Crippen molar-refractivity contribution in [1.82, 2.24) is 0 Å². The van der Waals surface area contributed by atoms with E-state index in [9.17, 15) is 4.79 Å². The predicted octanol–water partition coefficient (Wildman–Crippen LogP) is 4.95. The Morgan fingerprint density at radius 1 is 0.750 bits per heavy atom. The first-order valence-electron chi connectivity index (χ1n) is 9.05. The average molecular weight is 367 g/mol. The van der Waals surface area contributed by atoms with Crippen molar-refractivity contribution in [2.45, 2.75) is 0 Å². The standard InChI is InChI=1S/C24H21N3O/c1-27(21-12-10-20(26)11-13-21)24(28)23-4-2-3-18-15-17(7-14-22(18)23)16-5-8-19(25)9-6-16/h2-15H,25-26H2,1H3. The van der Waals surface area contributed by atoms with Crippen LogP contribution in [0.3, 0.4) is 0 Å². The number of carbonyl (C=O) groups excluding carboxylic acids is 1. The van der Waals surface area contributed by atoms with Crippen LogP contribution in [-0.4, -0.2) is 13.0 Å². The Labute approximate surface area is 164 Å². The van der Waals surface area contributed by atoms with Gasteiger partial charge in [-0.2, -0.15) is 0 Å². The molecule has 0 radical (unpaired) electrons. The third kappa shape index (κ3) is 3.28. The van der Waals surface area contributed by atoms with Crippen molar-refractivity contribution in [3.8, 4) is 11.1 Å². The van der Waals surface area contributed by atoms with E-state index < -0.39 is 0 Å². The fourth-order valence-electron chi connectivity index (χ4n) is 3.32. The molecule has 4 aromatic rings. The summed E-state index contributed by atoms with van der Waals surface area (Å²) in [5.41, 5.74) is 16.6. The fourth-order valence-corrected chi connectivity index (χ4v) is 3.32. The van der Waals surface area contributed by atoms with Gasteiger partial charge in [-0.1, -0.05) is 36.4 Å². The summed E-state index contributed by atoms with van der Waals surface area (Å²) in [5.74, 6) is -0.0596. The molecule has 4 aromatic carbocycles. The monoisotopic (exact) mass is 367 g/mol. The quantitative estimate of drug-likeness (QED) is 0.503. The van der Waals surface area contributed by atoms with E-state index in [-0.39, 0.29) is 5.91 Å². The van der Waals surface area contributed by atoms with Gasteiger partial charge in [0.25, 0.3) is 5.91 Å². The second kappa shape index (κ2) is 7.08. The number of anilines is 3. The minimum Gasteiger partial charge on any atom is -0.399 e. The van der Waals surface area contributed by atoms with Crippen LogP contribution in [-0.2, 0) is 0 Å². The zero-order valence-electron chi connectivity index (χ0n) is 15.6. The number of benzene rings is 4. The lowest BCUT2D eigenvalue weighted by Gasteiger charge is -2.19. The van der Waals surface area contributed by atoms with Crippen LogP contribution in [0, 0.1) is 0 Å². The highest BCUT2D eigenvalue weighted by molar-refractivity contribution is 6.14. The SMILES string of the molecule is CN(C(=O)c1cccc2cc(-c3ccc(N)cc3)ccc12)c1ccc(N)cc1. The second-order valence-corrected chi connectivity index (χ2v) is 6.82. The summed E-state index contributed by atoms with van der Waals surface area (Å²) in [6.45, 7) is 0. The Morgan fingerprint density at radius 2 is 1.36 bits per heavy atom. The summed E-state index contributed by atoms with van der Waals surface area (Å²) in [7, 11) is 1.77. The van der Waals surface area contributed by atoms with Gasteiger partial charge in [-0.3, -0.25) is 4.79 Å².